The number of hydrogen-bond acceptors (Lipinski definition) is 3. The molecule has 0 heterocycles. The van der Waals surface area contributed by atoms with Gasteiger partial charge in [0.15, 0.2) is 0 Å². The Morgan fingerprint density at radius 1 is 1.35 bits per heavy atom. The second kappa shape index (κ2) is 7.37. The van der Waals surface area contributed by atoms with Gasteiger partial charge in [0.2, 0.25) is 5.91 Å². The summed E-state index contributed by atoms with van der Waals surface area (Å²) < 4.78 is 5.45. The molecule has 3 N–H and O–H groups in total. The number of benzene rings is 1. The first-order valence-electron chi connectivity index (χ1n) is 5.21. The highest BCUT2D eigenvalue weighted by Gasteiger charge is 2.05. The normalized spacial score (nSPS) is 10.1. The van der Waals surface area contributed by atoms with Crippen molar-refractivity contribution >= 4 is 29.1 Å². The topological polar surface area (TPSA) is 64.3 Å². The van der Waals surface area contributed by atoms with Crippen LogP contribution in [0, 0.1) is 0 Å². The molecule has 0 saturated carbocycles. The monoisotopic (exact) mass is 276 g/mol. The van der Waals surface area contributed by atoms with Gasteiger partial charge in [-0.1, -0.05) is 29.3 Å². The Hall–Kier alpha value is -0.970. The molecule has 1 aromatic carbocycles. The van der Waals surface area contributed by atoms with Crippen molar-refractivity contribution in [3.05, 3.63) is 28.2 Å². The molecule has 6 heteroatoms. The number of hydrogen-bond donors (Lipinski definition) is 2. The summed E-state index contributed by atoms with van der Waals surface area (Å²) in [6.07, 6.45) is 1.85. The van der Waals surface area contributed by atoms with Gasteiger partial charge in [-0.05, 0) is 25.0 Å². The van der Waals surface area contributed by atoms with Crippen molar-refractivity contribution in [3.8, 4) is 5.75 Å². The van der Waals surface area contributed by atoms with E-state index in [0.29, 0.717) is 35.2 Å². The molecule has 0 aromatic heterocycles. The van der Waals surface area contributed by atoms with E-state index in [1.165, 1.54) is 0 Å². The fourth-order valence-electron chi connectivity index (χ4n) is 1.24. The van der Waals surface area contributed by atoms with Gasteiger partial charge in [-0.25, -0.2) is 5.84 Å². The number of ether oxygens (including phenoxy) is 1. The SMILES string of the molecule is NNC(=O)CCCCOc1cccc(Cl)c1Cl. The molecule has 0 bridgehead atoms. The molecular formula is C11H14Cl2N2O2. The summed E-state index contributed by atoms with van der Waals surface area (Å²) in [4.78, 5) is 10.8. The van der Waals surface area contributed by atoms with E-state index in [-0.39, 0.29) is 5.91 Å². The van der Waals surface area contributed by atoms with Crippen LogP contribution >= 0.6 is 23.2 Å². The molecule has 1 aromatic rings. The average molecular weight is 277 g/mol. The minimum atomic E-state index is -0.175. The van der Waals surface area contributed by atoms with Crippen LogP contribution in [0.4, 0.5) is 0 Å². The number of nitrogens with one attached hydrogen (secondary N) is 1. The summed E-state index contributed by atoms with van der Waals surface area (Å²) in [7, 11) is 0. The van der Waals surface area contributed by atoms with Crippen LogP contribution in [0.25, 0.3) is 0 Å². The predicted octanol–water partition coefficient (Wildman–Crippen LogP) is 2.53. The molecule has 0 fully saturated rings. The Balaban J connectivity index is 2.27. The maximum Gasteiger partial charge on any atom is 0.233 e. The fourth-order valence-corrected chi connectivity index (χ4v) is 1.58. The summed E-state index contributed by atoms with van der Waals surface area (Å²) in [5, 5.41) is 0.876. The number of nitrogens with two attached hydrogens (primary N) is 1. The van der Waals surface area contributed by atoms with Crippen LogP contribution in [0.15, 0.2) is 18.2 Å². The zero-order chi connectivity index (χ0) is 12.7. The highest BCUT2D eigenvalue weighted by Crippen LogP contribution is 2.31. The quantitative estimate of drug-likeness (QED) is 0.363. The van der Waals surface area contributed by atoms with Crippen molar-refractivity contribution in [2.24, 2.45) is 5.84 Å². The third-order valence-electron chi connectivity index (χ3n) is 2.13. The molecule has 1 amide bonds. The van der Waals surface area contributed by atoms with Gasteiger partial charge >= 0.3 is 0 Å². The van der Waals surface area contributed by atoms with Crippen molar-refractivity contribution < 1.29 is 9.53 Å². The summed E-state index contributed by atoms with van der Waals surface area (Å²) in [5.74, 6) is 5.33. The largest absolute Gasteiger partial charge is 0.492 e. The zero-order valence-corrected chi connectivity index (χ0v) is 10.7. The Labute approximate surface area is 110 Å². The Morgan fingerprint density at radius 2 is 2.12 bits per heavy atom. The first kappa shape index (κ1) is 14.1. The van der Waals surface area contributed by atoms with Crippen LogP contribution in [0.2, 0.25) is 10.0 Å². The highest BCUT2D eigenvalue weighted by atomic mass is 35.5. The lowest BCUT2D eigenvalue weighted by Crippen LogP contribution is -2.29. The third-order valence-corrected chi connectivity index (χ3v) is 2.93. The molecule has 0 atom stereocenters. The van der Waals surface area contributed by atoms with Crippen LogP contribution < -0.4 is 16.0 Å². The molecule has 0 aliphatic rings. The van der Waals surface area contributed by atoms with Crippen molar-refractivity contribution in [2.75, 3.05) is 6.61 Å². The fraction of sp³-hybridized carbons (Fsp3) is 0.364. The van der Waals surface area contributed by atoms with E-state index in [1.807, 2.05) is 0 Å². The second-order valence-electron chi connectivity index (χ2n) is 3.43. The smallest absolute Gasteiger partial charge is 0.233 e. The Morgan fingerprint density at radius 3 is 2.82 bits per heavy atom. The summed E-state index contributed by atoms with van der Waals surface area (Å²) in [6.45, 7) is 0.484. The summed E-state index contributed by atoms with van der Waals surface area (Å²) in [5.41, 5.74) is 2.07. The molecular weight excluding hydrogens is 263 g/mol. The van der Waals surface area contributed by atoms with Crippen LogP contribution in [-0.4, -0.2) is 12.5 Å². The van der Waals surface area contributed by atoms with Gasteiger partial charge in [0.05, 0.1) is 11.6 Å². The van der Waals surface area contributed by atoms with Crippen LogP contribution in [0.1, 0.15) is 19.3 Å². The van der Waals surface area contributed by atoms with Crippen molar-refractivity contribution in [2.45, 2.75) is 19.3 Å². The van der Waals surface area contributed by atoms with Gasteiger partial charge in [0.1, 0.15) is 10.8 Å². The maximum atomic E-state index is 10.8. The second-order valence-corrected chi connectivity index (χ2v) is 4.21. The van der Waals surface area contributed by atoms with Crippen LogP contribution in [-0.2, 0) is 4.79 Å². The van der Waals surface area contributed by atoms with Crippen molar-refractivity contribution in [3.63, 3.8) is 0 Å². The number of halogens is 2. The van der Waals surface area contributed by atoms with Crippen molar-refractivity contribution in [1.29, 1.82) is 0 Å². The van der Waals surface area contributed by atoms with Crippen LogP contribution in [0.5, 0.6) is 5.75 Å². The van der Waals surface area contributed by atoms with Crippen LogP contribution in [0.3, 0.4) is 0 Å². The zero-order valence-electron chi connectivity index (χ0n) is 9.21. The number of hydrazine groups is 1. The van der Waals surface area contributed by atoms with Crippen molar-refractivity contribution in [1.82, 2.24) is 5.43 Å². The molecule has 0 radical (unpaired) electrons. The average Bonchev–Trinajstić information content (AvgIpc) is 2.33. The molecule has 0 aliphatic heterocycles. The lowest BCUT2D eigenvalue weighted by atomic mass is 10.2. The van der Waals surface area contributed by atoms with E-state index in [2.05, 4.69) is 5.43 Å². The maximum absolute atomic E-state index is 10.8. The molecule has 0 aliphatic carbocycles. The molecule has 4 nitrogen and oxygen atoms in total. The molecule has 1 rings (SSSR count). The number of rotatable bonds is 6. The van der Waals surface area contributed by atoms with Gasteiger partial charge in [-0.15, -0.1) is 0 Å². The summed E-state index contributed by atoms with van der Waals surface area (Å²) >= 11 is 11.8. The third kappa shape index (κ3) is 4.81. The Bertz CT molecular complexity index is 386. The highest BCUT2D eigenvalue weighted by molar-refractivity contribution is 6.42. The molecule has 17 heavy (non-hydrogen) atoms. The number of carbonyl (C=O) groups excluding carboxylic acids is 1. The molecule has 0 saturated heterocycles. The Kier molecular flexibility index (Phi) is 6.11. The first-order valence-corrected chi connectivity index (χ1v) is 5.97. The lowest BCUT2D eigenvalue weighted by molar-refractivity contribution is -0.121. The van der Waals surface area contributed by atoms with Gasteiger partial charge < -0.3 is 4.74 Å². The molecule has 0 unspecified atom stereocenters. The molecule has 94 valence electrons. The number of carbonyl (C=O) groups is 1. The van der Waals surface area contributed by atoms with E-state index in [4.69, 9.17) is 33.8 Å². The minimum absolute atomic E-state index is 0.175. The lowest BCUT2D eigenvalue weighted by Gasteiger charge is -2.08. The molecule has 0 spiro atoms. The minimum Gasteiger partial charge on any atom is -0.492 e. The standard InChI is InChI=1S/C11H14Cl2N2O2/c12-8-4-3-5-9(11(8)13)17-7-2-1-6-10(16)15-14/h3-5H,1-2,6-7,14H2,(H,15,16). The van der Waals surface area contributed by atoms with Gasteiger partial charge in [-0.3, -0.25) is 10.2 Å². The van der Waals surface area contributed by atoms with Gasteiger partial charge in [-0.2, -0.15) is 0 Å². The van der Waals surface area contributed by atoms with E-state index in [9.17, 15) is 4.79 Å². The number of unbranched alkanes of at least 4 members (excludes halogenated alkanes) is 1. The van der Waals surface area contributed by atoms with E-state index in [1.54, 1.807) is 18.2 Å². The van der Waals surface area contributed by atoms with E-state index >= 15 is 0 Å². The first-order chi connectivity index (χ1) is 8.15. The summed E-state index contributed by atoms with van der Waals surface area (Å²) in [6, 6.07) is 5.22. The van der Waals surface area contributed by atoms with Gasteiger partial charge in [0.25, 0.3) is 0 Å². The van der Waals surface area contributed by atoms with E-state index in [0.717, 1.165) is 6.42 Å². The van der Waals surface area contributed by atoms with E-state index < -0.39 is 0 Å². The van der Waals surface area contributed by atoms with Gasteiger partial charge in [0, 0.05) is 6.42 Å². The number of amides is 1. The predicted molar refractivity (Wildman–Crippen MR) is 68.1 cm³/mol.